The van der Waals surface area contributed by atoms with Crippen LogP contribution in [0.2, 0.25) is 0 Å². The molecule has 0 saturated carbocycles. The van der Waals surface area contributed by atoms with Gasteiger partial charge in [-0.05, 0) is 23.9 Å². The molecule has 1 aliphatic rings. The summed E-state index contributed by atoms with van der Waals surface area (Å²) in [4.78, 5) is 1.32. The highest BCUT2D eigenvalue weighted by molar-refractivity contribution is 7.10. The molecule has 2 heterocycles. The quantitative estimate of drug-likeness (QED) is 0.486. The van der Waals surface area contributed by atoms with Gasteiger partial charge in [0.25, 0.3) is 0 Å². The fourth-order valence-corrected chi connectivity index (χ4v) is 1.94. The lowest BCUT2D eigenvalue weighted by Crippen LogP contribution is -1.85. The highest BCUT2D eigenvalue weighted by atomic mass is 32.1. The maximum absolute atomic E-state index is 5.43. The first-order valence-electron chi connectivity index (χ1n) is 3.63. The minimum absolute atomic E-state index is 0.286. The van der Waals surface area contributed by atoms with E-state index in [1.165, 1.54) is 4.88 Å². The van der Waals surface area contributed by atoms with Gasteiger partial charge >= 0.3 is 0 Å². The maximum atomic E-state index is 5.43. The Kier molecular flexibility index (Phi) is 1.59. The van der Waals surface area contributed by atoms with E-state index < -0.39 is 0 Å². The van der Waals surface area contributed by atoms with E-state index in [9.17, 15) is 0 Å². The molecule has 1 aliphatic heterocycles. The molecule has 0 unspecified atom stereocenters. The van der Waals surface area contributed by atoms with Crippen LogP contribution in [0.1, 0.15) is 17.9 Å². The fraction of sp³-hybridized carbons (Fsp3) is 0.333. The standard InChI is InChI=1S/C9H10OS/c1-6(2)8-9(10-8)7-4-3-5-11-7/h3-5,8-9H,1H2,2H3/t8-,9-/m0/s1. The van der Waals surface area contributed by atoms with E-state index in [4.69, 9.17) is 4.74 Å². The van der Waals surface area contributed by atoms with Gasteiger partial charge in [-0.2, -0.15) is 0 Å². The van der Waals surface area contributed by atoms with Gasteiger partial charge in [0.1, 0.15) is 12.2 Å². The van der Waals surface area contributed by atoms with E-state index in [0.717, 1.165) is 5.57 Å². The van der Waals surface area contributed by atoms with Crippen molar-refractivity contribution >= 4 is 11.3 Å². The summed E-state index contributed by atoms with van der Waals surface area (Å²) < 4.78 is 5.43. The van der Waals surface area contributed by atoms with Crippen molar-refractivity contribution in [2.75, 3.05) is 0 Å². The Morgan fingerprint density at radius 1 is 1.73 bits per heavy atom. The molecular weight excluding hydrogens is 156 g/mol. The summed E-state index contributed by atoms with van der Waals surface area (Å²) >= 11 is 1.75. The second-order valence-corrected chi connectivity index (χ2v) is 3.82. The van der Waals surface area contributed by atoms with Gasteiger partial charge in [0.05, 0.1) is 0 Å². The number of hydrogen-bond donors (Lipinski definition) is 0. The van der Waals surface area contributed by atoms with Crippen molar-refractivity contribution in [2.45, 2.75) is 19.1 Å². The van der Waals surface area contributed by atoms with Crippen LogP contribution in [0.3, 0.4) is 0 Å². The Morgan fingerprint density at radius 2 is 2.55 bits per heavy atom. The highest BCUT2D eigenvalue weighted by Gasteiger charge is 2.41. The Morgan fingerprint density at radius 3 is 3.00 bits per heavy atom. The predicted molar refractivity (Wildman–Crippen MR) is 46.7 cm³/mol. The second-order valence-electron chi connectivity index (χ2n) is 2.84. The maximum Gasteiger partial charge on any atom is 0.123 e. The van der Waals surface area contributed by atoms with Gasteiger partial charge in [-0.3, -0.25) is 0 Å². The molecule has 0 radical (unpaired) electrons. The van der Waals surface area contributed by atoms with Gasteiger partial charge in [0.2, 0.25) is 0 Å². The largest absolute Gasteiger partial charge is 0.359 e. The summed E-state index contributed by atoms with van der Waals surface area (Å²) in [5.74, 6) is 0. The molecule has 1 fully saturated rings. The molecule has 2 rings (SSSR count). The summed E-state index contributed by atoms with van der Waals surface area (Å²) in [7, 11) is 0. The SMILES string of the molecule is C=C(C)[C@@H]1O[C@H]1c1cccs1. The molecule has 11 heavy (non-hydrogen) atoms. The average Bonchev–Trinajstić information content (AvgIpc) is 2.60. The Bertz CT molecular complexity index is 263. The van der Waals surface area contributed by atoms with Gasteiger partial charge in [-0.15, -0.1) is 11.3 Å². The molecule has 1 aromatic rings. The molecule has 1 saturated heterocycles. The van der Waals surface area contributed by atoms with Crippen LogP contribution in [0.25, 0.3) is 0 Å². The monoisotopic (exact) mass is 166 g/mol. The summed E-state index contributed by atoms with van der Waals surface area (Å²) in [5.41, 5.74) is 1.13. The third-order valence-electron chi connectivity index (χ3n) is 1.80. The third kappa shape index (κ3) is 1.24. The van der Waals surface area contributed by atoms with E-state index in [-0.39, 0.29) is 6.10 Å². The Hall–Kier alpha value is -0.600. The van der Waals surface area contributed by atoms with E-state index in [1.807, 2.05) is 6.92 Å². The molecule has 0 amide bonds. The topological polar surface area (TPSA) is 12.5 Å². The van der Waals surface area contributed by atoms with Crippen molar-refractivity contribution in [3.05, 3.63) is 34.5 Å². The molecular formula is C9H10OS. The zero-order valence-electron chi connectivity index (χ0n) is 6.41. The predicted octanol–water partition coefficient (Wildman–Crippen LogP) is 2.76. The first kappa shape index (κ1) is 7.07. The molecule has 58 valence electrons. The van der Waals surface area contributed by atoms with Crippen LogP contribution in [-0.2, 0) is 4.74 Å². The van der Waals surface area contributed by atoms with Crippen molar-refractivity contribution in [1.82, 2.24) is 0 Å². The summed E-state index contributed by atoms with van der Waals surface area (Å²) in [5, 5.41) is 2.08. The van der Waals surface area contributed by atoms with Crippen LogP contribution >= 0.6 is 11.3 Å². The van der Waals surface area contributed by atoms with Crippen LogP contribution < -0.4 is 0 Å². The smallest absolute Gasteiger partial charge is 0.123 e. The van der Waals surface area contributed by atoms with E-state index in [1.54, 1.807) is 11.3 Å². The molecule has 0 spiro atoms. The summed E-state index contributed by atoms with van der Waals surface area (Å²) in [6.45, 7) is 5.87. The number of rotatable bonds is 2. The summed E-state index contributed by atoms with van der Waals surface area (Å²) in [6.07, 6.45) is 0.598. The molecule has 1 nitrogen and oxygen atoms in total. The van der Waals surface area contributed by atoms with Gasteiger partial charge in [-0.1, -0.05) is 12.6 Å². The number of hydrogen-bond acceptors (Lipinski definition) is 2. The molecule has 1 aromatic heterocycles. The van der Waals surface area contributed by atoms with Crippen molar-refractivity contribution in [2.24, 2.45) is 0 Å². The number of thiophene rings is 1. The van der Waals surface area contributed by atoms with Crippen molar-refractivity contribution < 1.29 is 4.74 Å². The second kappa shape index (κ2) is 2.47. The minimum Gasteiger partial charge on any atom is -0.359 e. The molecule has 0 bridgehead atoms. The third-order valence-corrected chi connectivity index (χ3v) is 2.73. The Balaban J connectivity index is 2.08. The highest BCUT2D eigenvalue weighted by Crippen LogP contribution is 2.43. The van der Waals surface area contributed by atoms with Gasteiger partial charge in [0.15, 0.2) is 0 Å². The minimum atomic E-state index is 0.286. The zero-order valence-corrected chi connectivity index (χ0v) is 7.23. The molecule has 0 N–H and O–H groups in total. The average molecular weight is 166 g/mol. The van der Waals surface area contributed by atoms with Crippen LogP contribution in [0.15, 0.2) is 29.7 Å². The normalized spacial score (nSPS) is 28.5. The Labute approximate surface area is 70.3 Å². The van der Waals surface area contributed by atoms with Crippen molar-refractivity contribution in [3.63, 3.8) is 0 Å². The lowest BCUT2D eigenvalue weighted by Gasteiger charge is -1.87. The van der Waals surface area contributed by atoms with Crippen molar-refractivity contribution in [3.8, 4) is 0 Å². The summed E-state index contributed by atoms with van der Waals surface area (Å²) in [6, 6.07) is 4.16. The molecule has 2 heteroatoms. The van der Waals surface area contributed by atoms with Gasteiger partial charge in [0, 0.05) is 4.88 Å². The molecule has 0 aromatic carbocycles. The van der Waals surface area contributed by atoms with Gasteiger partial charge in [-0.25, -0.2) is 0 Å². The lowest BCUT2D eigenvalue weighted by atomic mass is 10.2. The van der Waals surface area contributed by atoms with Crippen LogP contribution in [0.5, 0.6) is 0 Å². The van der Waals surface area contributed by atoms with E-state index in [2.05, 4.69) is 24.1 Å². The first-order chi connectivity index (χ1) is 5.29. The first-order valence-corrected chi connectivity index (χ1v) is 4.51. The fourth-order valence-electron chi connectivity index (χ4n) is 1.16. The van der Waals surface area contributed by atoms with Crippen molar-refractivity contribution in [1.29, 1.82) is 0 Å². The zero-order chi connectivity index (χ0) is 7.84. The molecule has 0 aliphatic carbocycles. The number of ether oxygens (including phenoxy) is 1. The van der Waals surface area contributed by atoms with E-state index >= 15 is 0 Å². The lowest BCUT2D eigenvalue weighted by molar-refractivity contribution is 0.391. The van der Waals surface area contributed by atoms with Crippen LogP contribution in [-0.4, -0.2) is 6.10 Å². The number of epoxide rings is 1. The molecule has 2 atom stereocenters. The van der Waals surface area contributed by atoms with E-state index in [0.29, 0.717) is 6.10 Å². The van der Waals surface area contributed by atoms with Crippen LogP contribution in [0, 0.1) is 0 Å². The van der Waals surface area contributed by atoms with Crippen LogP contribution in [0.4, 0.5) is 0 Å². The van der Waals surface area contributed by atoms with Gasteiger partial charge < -0.3 is 4.74 Å².